The van der Waals surface area contributed by atoms with E-state index in [1.54, 1.807) is 36.1 Å². The lowest BCUT2D eigenvalue weighted by atomic mass is 10.1. The molecule has 0 radical (unpaired) electrons. The van der Waals surface area contributed by atoms with Crippen molar-refractivity contribution in [1.29, 1.82) is 0 Å². The molecule has 0 bridgehead atoms. The van der Waals surface area contributed by atoms with Gasteiger partial charge in [0, 0.05) is 11.7 Å². The van der Waals surface area contributed by atoms with Crippen molar-refractivity contribution >= 4 is 23.4 Å². The van der Waals surface area contributed by atoms with Crippen LogP contribution in [0.3, 0.4) is 0 Å². The number of rotatable bonds is 4. The second kappa shape index (κ2) is 6.99. The quantitative estimate of drug-likeness (QED) is 0.777. The molecule has 1 aliphatic rings. The number of amides is 3. The van der Waals surface area contributed by atoms with Crippen molar-refractivity contribution in [3.05, 3.63) is 64.7 Å². The predicted molar refractivity (Wildman–Crippen MR) is 105 cm³/mol. The van der Waals surface area contributed by atoms with Gasteiger partial charge in [-0.2, -0.15) is 0 Å². The average Bonchev–Trinajstić information content (AvgIpc) is 2.88. The molecule has 0 fully saturated rings. The summed E-state index contributed by atoms with van der Waals surface area (Å²) in [6.45, 7) is 9.39. The zero-order valence-corrected chi connectivity index (χ0v) is 16.3. The third kappa shape index (κ3) is 3.14. The van der Waals surface area contributed by atoms with E-state index in [2.05, 4.69) is 0 Å². The van der Waals surface area contributed by atoms with Crippen LogP contribution in [0, 0.1) is 13.8 Å². The maximum atomic E-state index is 13.4. The van der Waals surface area contributed by atoms with Crippen LogP contribution < -0.4 is 4.90 Å². The van der Waals surface area contributed by atoms with E-state index in [-0.39, 0.29) is 11.9 Å². The fourth-order valence-corrected chi connectivity index (χ4v) is 3.50. The molecule has 3 rings (SSSR count). The monoisotopic (exact) mass is 364 g/mol. The van der Waals surface area contributed by atoms with Gasteiger partial charge in [0.15, 0.2) is 0 Å². The van der Waals surface area contributed by atoms with Gasteiger partial charge in [-0.3, -0.25) is 19.3 Å². The molecule has 27 heavy (non-hydrogen) atoms. The second-order valence-electron chi connectivity index (χ2n) is 7.29. The Labute approximate surface area is 159 Å². The molecule has 2 aromatic rings. The summed E-state index contributed by atoms with van der Waals surface area (Å²) in [4.78, 5) is 41.6. The van der Waals surface area contributed by atoms with E-state index in [9.17, 15) is 14.4 Å². The maximum absolute atomic E-state index is 13.4. The number of imide groups is 1. The molecule has 0 aromatic heterocycles. The Morgan fingerprint density at radius 3 is 2.00 bits per heavy atom. The second-order valence-corrected chi connectivity index (χ2v) is 7.29. The number of fused-ring (bicyclic) bond motifs is 1. The van der Waals surface area contributed by atoms with Gasteiger partial charge in [0.05, 0.1) is 11.1 Å². The molecule has 0 saturated carbocycles. The smallest absolute Gasteiger partial charge is 0.262 e. The average molecular weight is 364 g/mol. The van der Waals surface area contributed by atoms with E-state index in [0.717, 1.165) is 21.7 Å². The number of hydrogen-bond acceptors (Lipinski definition) is 3. The molecule has 1 heterocycles. The van der Waals surface area contributed by atoms with E-state index in [1.165, 1.54) is 0 Å². The summed E-state index contributed by atoms with van der Waals surface area (Å²) in [5.74, 6) is -1.10. The Bertz CT molecular complexity index is 898. The van der Waals surface area contributed by atoms with Crippen molar-refractivity contribution < 1.29 is 14.4 Å². The minimum atomic E-state index is -0.889. The highest BCUT2D eigenvalue weighted by molar-refractivity contribution is 6.23. The summed E-state index contributed by atoms with van der Waals surface area (Å²) < 4.78 is 0. The Hall–Kier alpha value is -2.95. The molecule has 2 aromatic carbocycles. The molecule has 3 amide bonds. The minimum Gasteiger partial charge on any atom is -0.308 e. The molecule has 1 unspecified atom stereocenters. The fraction of sp³-hybridized carbons (Fsp3) is 0.318. The van der Waals surface area contributed by atoms with E-state index in [1.807, 2.05) is 45.9 Å². The fourth-order valence-electron chi connectivity index (χ4n) is 3.50. The molecular formula is C22H24N2O3. The van der Waals surface area contributed by atoms with Crippen LogP contribution in [0.5, 0.6) is 0 Å². The van der Waals surface area contributed by atoms with Crippen molar-refractivity contribution in [2.45, 2.75) is 46.7 Å². The van der Waals surface area contributed by atoms with E-state index in [0.29, 0.717) is 11.1 Å². The van der Waals surface area contributed by atoms with Crippen LogP contribution in [-0.2, 0) is 4.79 Å². The maximum Gasteiger partial charge on any atom is 0.262 e. The van der Waals surface area contributed by atoms with Crippen LogP contribution in [-0.4, -0.2) is 34.7 Å². The van der Waals surface area contributed by atoms with Gasteiger partial charge in [-0.1, -0.05) is 24.3 Å². The largest absolute Gasteiger partial charge is 0.308 e. The highest BCUT2D eigenvalue weighted by atomic mass is 16.2. The molecule has 1 atom stereocenters. The molecule has 0 saturated heterocycles. The zero-order valence-electron chi connectivity index (χ0n) is 16.3. The lowest BCUT2D eigenvalue weighted by Crippen LogP contribution is -2.51. The normalized spacial score (nSPS) is 14.5. The first-order valence-electron chi connectivity index (χ1n) is 9.11. The first-order valence-corrected chi connectivity index (χ1v) is 9.11. The van der Waals surface area contributed by atoms with Crippen LogP contribution in [0.2, 0.25) is 0 Å². The molecular weight excluding hydrogens is 340 g/mol. The predicted octanol–water partition coefficient (Wildman–Crippen LogP) is 3.73. The minimum absolute atomic E-state index is 0.115. The summed E-state index contributed by atoms with van der Waals surface area (Å²) in [5, 5.41) is 0. The summed E-state index contributed by atoms with van der Waals surface area (Å²) in [6, 6.07) is 11.6. The topological polar surface area (TPSA) is 57.7 Å². The first kappa shape index (κ1) is 18.8. The molecule has 0 spiro atoms. The molecule has 0 aliphatic carbocycles. The van der Waals surface area contributed by atoms with Crippen LogP contribution in [0.4, 0.5) is 5.69 Å². The number of benzene rings is 2. The standard InChI is InChI=1S/C22H24N2O3/c1-13(2)23(19-12-14(3)10-11-15(19)4)20(25)16(5)24-21(26)17-8-6-7-9-18(17)22(24)27/h6-13,16H,1-5H3. The van der Waals surface area contributed by atoms with Gasteiger partial charge in [0.2, 0.25) is 5.91 Å². The van der Waals surface area contributed by atoms with Crippen molar-refractivity contribution in [2.75, 3.05) is 4.90 Å². The summed E-state index contributed by atoms with van der Waals surface area (Å²) in [7, 11) is 0. The zero-order chi connectivity index (χ0) is 19.9. The van der Waals surface area contributed by atoms with Crippen LogP contribution in [0.15, 0.2) is 42.5 Å². The Morgan fingerprint density at radius 1 is 0.926 bits per heavy atom. The van der Waals surface area contributed by atoms with E-state index in [4.69, 9.17) is 0 Å². The number of nitrogens with zero attached hydrogens (tertiary/aromatic N) is 2. The number of anilines is 1. The van der Waals surface area contributed by atoms with Gasteiger partial charge >= 0.3 is 0 Å². The van der Waals surface area contributed by atoms with Crippen molar-refractivity contribution in [1.82, 2.24) is 4.90 Å². The van der Waals surface area contributed by atoms with Gasteiger partial charge in [-0.15, -0.1) is 0 Å². The van der Waals surface area contributed by atoms with Crippen molar-refractivity contribution in [3.63, 3.8) is 0 Å². The number of carbonyl (C=O) groups is 3. The number of carbonyl (C=O) groups excluding carboxylic acids is 3. The molecule has 1 aliphatic heterocycles. The summed E-state index contributed by atoms with van der Waals surface area (Å²) in [6.07, 6.45) is 0. The van der Waals surface area contributed by atoms with Crippen LogP contribution in [0.1, 0.15) is 52.6 Å². The molecule has 0 N–H and O–H groups in total. The Balaban J connectivity index is 1.97. The Kier molecular flexibility index (Phi) is 4.87. The lowest BCUT2D eigenvalue weighted by Gasteiger charge is -2.33. The van der Waals surface area contributed by atoms with Gasteiger partial charge in [-0.05, 0) is 63.9 Å². The van der Waals surface area contributed by atoms with Crippen LogP contribution >= 0.6 is 0 Å². The van der Waals surface area contributed by atoms with Crippen molar-refractivity contribution in [2.24, 2.45) is 0 Å². The third-order valence-electron chi connectivity index (χ3n) is 4.95. The molecule has 5 heteroatoms. The highest BCUT2D eigenvalue weighted by Gasteiger charge is 2.42. The van der Waals surface area contributed by atoms with Crippen LogP contribution in [0.25, 0.3) is 0 Å². The van der Waals surface area contributed by atoms with Gasteiger partial charge < -0.3 is 4.90 Å². The number of hydrogen-bond donors (Lipinski definition) is 0. The summed E-state index contributed by atoms with van der Waals surface area (Å²) in [5.41, 5.74) is 3.52. The first-order chi connectivity index (χ1) is 12.7. The summed E-state index contributed by atoms with van der Waals surface area (Å²) >= 11 is 0. The molecule has 5 nitrogen and oxygen atoms in total. The Morgan fingerprint density at radius 2 is 1.48 bits per heavy atom. The van der Waals surface area contributed by atoms with Gasteiger partial charge in [0.1, 0.15) is 6.04 Å². The SMILES string of the molecule is Cc1ccc(C)c(N(C(=O)C(C)N2C(=O)c3ccccc3C2=O)C(C)C)c1. The number of aryl methyl sites for hydroxylation is 2. The van der Waals surface area contributed by atoms with E-state index < -0.39 is 17.9 Å². The lowest BCUT2D eigenvalue weighted by molar-refractivity contribution is -0.122. The third-order valence-corrected chi connectivity index (χ3v) is 4.95. The molecule has 140 valence electrons. The highest BCUT2D eigenvalue weighted by Crippen LogP contribution is 2.28. The van der Waals surface area contributed by atoms with Gasteiger partial charge in [-0.25, -0.2) is 0 Å². The van der Waals surface area contributed by atoms with Crippen molar-refractivity contribution in [3.8, 4) is 0 Å². The van der Waals surface area contributed by atoms with Gasteiger partial charge in [0.25, 0.3) is 11.8 Å². The van der Waals surface area contributed by atoms with E-state index >= 15 is 0 Å².